The van der Waals surface area contributed by atoms with Crippen molar-refractivity contribution in [3.63, 3.8) is 0 Å². The fourth-order valence-electron chi connectivity index (χ4n) is 2.23. The molecule has 1 aromatic carbocycles. The first-order chi connectivity index (χ1) is 9.63. The summed E-state index contributed by atoms with van der Waals surface area (Å²) in [6, 6.07) is 13.6. The Kier molecular flexibility index (Phi) is 3.20. The Balaban J connectivity index is 2.01. The van der Waals surface area contributed by atoms with E-state index in [9.17, 15) is 5.11 Å². The van der Waals surface area contributed by atoms with E-state index in [-0.39, 0.29) is 0 Å². The lowest BCUT2D eigenvalue weighted by Gasteiger charge is -2.11. The number of benzene rings is 1. The lowest BCUT2D eigenvalue weighted by atomic mass is 10.0. The third kappa shape index (κ3) is 2.40. The molecule has 0 spiro atoms. The molecule has 0 saturated carbocycles. The number of aromatic nitrogens is 2. The number of pyridine rings is 2. The summed E-state index contributed by atoms with van der Waals surface area (Å²) in [7, 11) is 0. The zero-order valence-corrected chi connectivity index (χ0v) is 11.5. The highest BCUT2D eigenvalue weighted by molar-refractivity contribution is 5.79. The molecule has 0 amide bonds. The minimum atomic E-state index is -0.707. The van der Waals surface area contributed by atoms with Crippen LogP contribution >= 0.6 is 0 Å². The van der Waals surface area contributed by atoms with Gasteiger partial charge in [-0.05, 0) is 49.2 Å². The summed E-state index contributed by atoms with van der Waals surface area (Å²) in [4.78, 5) is 8.75. The van der Waals surface area contributed by atoms with E-state index >= 15 is 0 Å². The average Bonchev–Trinajstić information content (AvgIpc) is 2.47. The van der Waals surface area contributed by atoms with Crippen LogP contribution in [0.15, 0.2) is 48.7 Å². The first-order valence-electron chi connectivity index (χ1n) is 6.61. The Morgan fingerprint density at radius 2 is 1.85 bits per heavy atom. The molecule has 1 unspecified atom stereocenters. The molecule has 0 saturated heterocycles. The van der Waals surface area contributed by atoms with Crippen LogP contribution in [0.2, 0.25) is 0 Å². The van der Waals surface area contributed by atoms with Gasteiger partial charge in [-0.3, -0.25) is 9.97 Å². The zero-order valence-electron chi connectivity index (χ0n) is 11.5. The number of aliphatic hydroxyl groups excluding tert-OH is 1. The summed E-state index contributed by atoms with van der Waals surface area (Å²) in [6.45, 7) is 3.95. The molecule has 0 radical (unpaired) electrons. The van der Waals surface area contributed by atoms with E-state index in [1.807, 2.05) is 56.3 Å². The lowest BCUT2D eigenvalue weighted by Crippen LogP contribution is -2.02. The van der Waals surface area contributed by atoms with Crippen molar-refractivity contribution in [2.45, 2.75) is 20.0 Å². The summed E-state index contributed by atoms with van der Waals surface area (Å²) < 4.78 is 0. The monoisotopic (exact) mass is 264 g/mol. The first kappa shape index (κ1) is 12.8. The fourth-order valence-corrected chi connectivity index (χ4v) is 2.23. The number of rotatable bonds is 2. The van der Waals surface area contributed by atoms with Crippen LogP contribution in [0.4, 0.5) is 0 Å². The Morgan fingerprint density at radius 1 is 1.00 bits per heavy atom. The van der Waals surface area contributed by atoms with Gasteiger partial charge in [-0.1, -0.05) is 18.2 Å². The minimum Gasteiger partial charge on any atom is -0.382 e. The van der Waals surface area contributed by atoms with Gasteiger partial charge in [0.2, 0.25) is 0 Å². The van der Waals surface area contributed by atoms with E-state index in [2.05, 4.69) is 9.97 Å². The normalized spacial score (nSPS) is 12.6. The number of hydrogen-bond acceptors (Lipinski definition) is 3. The standard InChI is InChI=1S/C17H16N2O/c1-11-3-7-16(18-10-11)17(20)14-6-8-15-13(9-14)5-4-12(2)19-15/h3-10,17,20H,1-2H3. The maximum absolute atomic E-state index is 10.4. The average molecular weight is 264 g/mol. The molecule has 0 bridgehead atoms. The van der Waals surface area contributed by atoms with Gasteiger partial charge in [0.05, 0.1) is 11.2 Å². The Bertz CT molecular complexity index is 751. The molecule has 3 aromatic rings. The molecule has 2 aromatic heterocycles. The topological polar surface area (TPSA) is 46.0 Å². The van der Waals surface area contributed by atoms with Gasteiger partial charge in [0.25, 0.3) is 0 Å². The van der Waals surface area contributed by atoms with Gasteiger partial charge in [-0.15, -0.1) is 0 Å². The summed E-state index contributed by atoms with van der Waals surface area (Å²) in [5.74, 6) is 0. The molecule has 0 aliphatic carbocycles. The van der Waals surface area contributed by atoms with Crippen molar-refractivity contribution in [1.29, 1.82) is 0 Å². The van der Waals surface area contributed by atoms with Gasteiger partial charge < -0.3 is 5.11 Å². The summed E-state index contributed by atoms with van der Waals surface area (Å²) >= 11 is 0. The van der Waals surface area contributed by atoms with Crippen LogP contribution < -0.4 is 0 Å². The van der Waals surface area contributed by atoms with Crippen LogP contribution in [0.5, 0.6) is 0 Å². The highest BCUT2D eigenvalue weighted by Crippen LogP contribution is 2.24. The second-order valence-electron chi connectivity index (χ2n) is 5.07. The summed E-state index contributed by atoms with van der Waals surface area (Å²) in [5.41, 5.74) is 4.51. The van der Waals surface area contributed by atoms with E-state index in [1.165, 1.54) is 0 Å². The van der Waals surface area contributed by atoms with Crippen molar-refractivity contribution >= 4 is 10.9 Å². The van der Waals surface area contributed by atoms with Crippen molar-refractivity contribution < 1.29 is 5.11 Å². The molecular formula is C17H16N2O. The largest absolute Gasteiger partial charge is 0.382 e. The maximum Gasteiger partial charge on any atom is 0.121 e. The molecule has 2 heterocycles. The number of nitrogens with zero attached hydrogens (tertiary/aromatic N) is 2. The molecule has 3 nitrogen and oxygen atoms in total. The van der Waals surface area contributed by atoms with Crippen LogP contribution in [0, 0.1) is 13.8 Å². The van der Waals surface area contributed by atoms with Crippen molar-refractivity contribution in [3.8, 4) is 0 Å². The van der Waals surface area contributed by atoms with Crippen LogP contribution in [0.25, 0.3) is 10.9 Å². The minimum absolute atomic E-state index is 0.662. The summed E-state index contributed by atoms with van der Waals surface area (Å²) in [5, 5.41) is 11.4. The second-order valence-corrected chi connectivity index (χ2v) is 5.07. The Morgan fingerprint density at radius 3 is 2.60 bits per heavy atom. The predicted octanol–water partition coefficient (Wildman–Crippen LogP) is 3.33. The number of fused-ring (bicyclic) bond motifs is 1. The lowest BCUT2D eigenvalue weighted by molar-refractivity contribution is 0.215. The fraction of sp³-hybridized carbons (Fsp3) is 0.176. The molecule has 0 fully saturated rings. The Labute approximate surface area is 117 Å². The van der Waals surface area contributed by atoms with Gasteiger partial charge in [0, 0.05) is 17.3 Å². The molecule has 3 heteroatoms. The molecular weight excluding hydrogens is 248 g/mol. The first-order valence-corrected chi connectivity index (χ1v) is 6.61. The van der Waals surface area contributed by atoms with E-state index in [1.54, 1.807) is 6.20 Å². The quantitative estimate of drug-likeness (QED) is 0.772. The van der Waals surface area contributed by atoms with E-state index < -0.39 is 6.10 Å². The van der Waals surface area contributed by atoms with Gasteiger partial charge in [0.15, 0.2) is 0 Å². The number of aliphatic hydroxyl groups is 1. The number of aryl methyl sites for hydroxylation is 2. The molecule has 1 atom stereocenters. The third-order valence-corrected chi connectivity index (χ3v) is 3.38. The molecule has 3 rings (SSSR count). The van der Waals surface area contributed by atoms with Crippen LogP contribution in [-0.2, 0) is 0 Å². The molecule has 20 heavy (non-hydrogen) atoms. The number of hydrogen-bond donors (Lipinski definition) is 1. The van der Waals surface area contributed by atoms with Gasteiger partial charge in [-0.2, -0.15) is 0 Å². The predicted molar refractivity (Wildman–Crippen MR) is 79.5 cm³/mol. The smallest absolute Gasteiger partial charge is 0.121 e. The van der Waals surface area contributed by atoms with Gasteiger partial charge >= 0.3 is 0 Å². The molecule has 0 aliphatic heterocycles. The highest BCUT2D eigenvalue weighted by atomic mass is 16.3. The van der Waals surface area contributed by atoms with Crippen molar-refractivity contribution in [3.05, 3.63) is 71.2 Å². The van der Waals surface area contributed by atoms with Crippen LogP contribution in [-0.4, -0.2) is 15.1 Å². The van der Waals surface area contributed by atoms with Crippen molar-refractivity contribution in [2.24, 2.45) is 0 Å². The third-order valence-electron chi connectivity index (χ3n) is 3.38. The highest BCUT2D eigenvalue weighted by Gasteiger charge is 2.12. The van der Waals surface area contributed by atoms with Gasteiger partial charge in [-0.25, -0.2) is 0 Å². The second kappa shape index (κ2) is 5.02. The van der Waals surface area contributed by atoms with Crippen LogP contribution in [0.1, 0.15) is 28.6 Å². The van der Waals surface area contributed by atoms with Gasteiger partial charge in [0.1, 0.15) is 6.10 Å². The van der Waals surface area contributed by atoms with E-state index in [0.717, 1.165) is 27.7 Å². The van der Waals surface area contributed by atoms with Crippen molar-refractivity contribution in [1.82, 2.24) is 9.97 Å². The molecule has 1 N–H and O–H groups in total. The maximum atomic E-state index is 10.4. The Hall–Kier alpha value is -2.26. The molecule has 0 aliphatic rings. The van der Waals surface area contributed by atoms with Crippen LogP contribution in [0.3, 0.4) is 0 Å². The SMILES string of the molecule is Cc1ccc(C(O)c2ccc3nc(C)ccc3c2)nc1. The zero-order chi connectivity index (χ0) is 14.1. The van der Waals surface area contributed by atoms with E-state index in [4.69, 9.17) is 0 Å². The van der Waals surface area contributed by atoms with Crippen molar-refractivity contribution in [2.75, 3.05) is 0 Å². The van der Waals surface area contributed by atoms with E-state index in [0.29, 0.717) is 5.69 Å². The summed E-state index contributed by atoms with van der Waals surface area (Å²) in [6.07, 6.45) is 1.06. The molecule has 100 valence electrons.